The van der Waals surface area contributed by atoms with Crippen LogP contribution < -0.4 is 10.6 Å². The predicted molar refractivity (Wildman–Crippen MR) is 85.0 cm³/mol. The fraction of sp³-hybridized carbons (Fsp3) is 0.529. The number of anilines is 1. The average Bonchev–Trinajstić information content (AvgIpc) is 2.52. The maximum absolute atomic E-state index is 11.0. The van der Waals surface area contributed by atoms with E-state index in [-0.39, 0.29) is 0 Å². The lowest BCUT2D eigenvalue weighted by molar-refractivity contribution is 0.1000. The first-order chi connectivity index (χ1) is 10.2. The van der Waals surface area contributed by atoms with E-state index in [2.05, 4.69) is 15.8 Å². The number of nitrogens with two attached hydrogens (primary N) is 1. The van der Waals surface area contributed by atoms with Crippen molar-refractivity contribution < 1.29 is 4.79 Å². The van der Waals surface area contributed by atoms with Crippen LogP contribution in [0.15, 0.2) is 18.3 Å². The Morgan fingerprint density at radius 3 is 2.71 bits per heavy atom. The molecule has 4 heteroatoms. The number of terminal acetylenes is 1. The van der Waals surface area contributed by atoms with Crippen LogP contribution in [0.25, 0.3) is 0 Å². The van der Waals surface area contributed by atoms with Gasteiger partial charge in [-0.15, -0.1) is 12.3 Å². The van der Waals surface area contributed by atoms with Crippen molar-refractivity contribution in [2.45, 2.75) is 38.5 Å². The molecule has 21 heavy (non-hydrogen) atoms. The standard InChI is InChI=1S/C17H23N3O/c1-2-3-4-5-6-14-9-11-20(12-10-14)16-8-7-15(13-19-16)17(18)21/h1,7-8,13-14H,3-6,9-12H2,(H2,18,21). The van der Waals surface area contributed by atoms with E-state index in [0.717, 1.165) is 37.7 Å². The van der Waals surface area contributed by atoms with Gasteiger partial charge in [0.05, 0.1) is 5.56 Å². The molecule has 0 aliphatic carbocycles. The average molecular weight is 285 g/mol. The zero-order valence-electron chi connectivity index (χ0n) is 12.4. The zero-order valence-corrected chi connectivity index (χ0v) is 12.4. The minimum absolute atomic E-state index is 0.431. The lowest BCUT2D eigenvalue weighted by atomic mass is 9.91. The molecular formula is C17H23N3O. The smallest absolute Gasteiger partial charge is 0.250 e. The summed E-state index contributed by atoms with van der Waals surface area (Å²) < 4.78 is 0. The van der Waals surface area contributed by atoms with Crippen LogP contribution in [0.4, 0.5) is 5.82 Å². The van der Waals surface area contributed by atoms with E-state index in [1.165, 1.54) is 25.7 Å². The van der Waals surface area contributed by atoms with E-state index in [0.29, 0.717) is 5.56 Å². The third-order valence-corrected chi connectivity index (χ3v) is 4.15. The van der Waals surface area contributed by atoms with Gasteiger partial charge >= 0.3 is 0 Å². The van der Waals surface area contributed by atoms with Gasteiger partial charge in [-0.05, 0) is 37.3 Å². The third-order valence-electron chi connectivity index (χ3n) is 4.15. The van der Waals surface area contributed by atoms with Gasteiger partial charge in [-0.3, -0.25) is 4.79 Å². The van der Waals surface area contributed by atoms with E-state index in [1.54, 1.807) is 12.3 Å². The van der Waals surface area contributed by atoms with Crippen molar-refractivity contribution in [1.82, 2.24) is 4.98 Å². The maximum atomic E-state index is 11.0. The first kappa shape index (κ1) is 15.4. The van der Waals surface area contributed by atoms with Crippen molar-refractivity contribution >= 4 is 11.7 Å². The second-order valence-corrected chi connectivity index (χ2v) is 5.65. The van der Waals surface area contributed by atoms with Gasteiger partial charge in [-0.2, -0.15) is 0 Å². The molecule has 4 nitrogen and oxygen atoms in total. The summed E-state index contributed by atoms with van der Waals surface area (Å²) in [6, 6.07) is 3.63. The SMILES string of the molecule is C#CCCCCC1CCN(c2ccc(C(N)=O)cn2)CC1. The van der Waals surface area contributed by atoms with Gasteiger partial charge in [0.1, 0.15) is 5.82 Å². The topological polar surface area (TPSA) is 59.2 Å². The van der Waals surface area contributed by atoms with Gasteiger partial charge < -0.3 is 10.6 Å². The monoisotopic (exact) mass is 285 g/mol. The van der Waals surface area contributed by atoms with Gasteiger partial charge in [0.15, 0.2) is 0 Å². The third kappa shape index (κ3) is 4.49. The van der Waals surface area contributed by atoms with Crippen molar-refractivity contribution in [3.05, 3.63) is 23.9 Å². The van der Waals surface area contributed by atoms with Crippen LogP contribution in [0.1, 0.15) is 48.9 Å². The first-order valence-corrected chi connectivity index (χ1v) is 7.65. The molecule has 0 atom stereocenters. The highest BCUT2D eigenvalue weighted by Crippen LogP contribution is 2.25. The van der Waals surface area contributed by atoms with Crippen LogP contribution in [-0.2, 0) is 0 Å². The molecule has 1 aliphatic rings. The molecule has 0 aromatic carbocycles. The Balaban J connectivity index is 1.78. The van der Waals surface area contributed by atoms with Crippen LogP contribution in [0, 0.1) is 18.3 Å². The Bertz CT molecular complexity index is 496. The summed E-state index contributed by atoms with van der Waals surface area (Å²) in [5, 5.41) is 0. The van der Waals surface area contributed by atoms with Crippen molar-refractivity contribution in [3.63, 3.8) is 0 Å². The number of primary amides is 1. The second-order valence-electron chi connectivity index (χ2n) is 5.65. The van der Waals surface area contributed by atoms with E-state index in [9.17, 15) is 4.79 Å². The van der Waals surface area contributed by atoms with Crippen LogP contribution in [0.2, 0.25) is 0 Å². The molecule has 1 aliphatic heterocycles. The lowest BCUT2D eigenvalue weighted by Crippen LogP contribution is -2.34. The predicted octanol–water partition coefficient (Wildman–Crippen LogP) is 2.59. The summed E-state index contributed by atoms with van der Waals surface area (Å²) in [7, 11) is 0. The van der Waals surface area contributed by atoms with Crippen molar-refractivity contribution in [1.29, 1.82) is 0 Å². The molecule has 1 aromatic heterocycles. The Morgan fingerprint density at radius 2 is 2.14 bits per heavy atom. The van der Waals surface area contributed by atoms with Gasteiger partial charge in [0.2, 0.25) is 5.91 Å². The number of pyridine rings is 1. The molecule has 0 bridgehead atoms. The zero-order chi connectivity index (χ0) is 15.1. The molecule has 0 unspecified atom stereocenters. The molecule has 1 aromatic rings. The first-order valence-electron chi connectivity index (χ1n) is 7.65. The van der Waals surface area contributed by atoms with E-state index >= 15 is 0 Å². The molecule has 1 amide bonds. The number of carbonyl (C=O) groups excluding carboxylic acids is 1. The van der Waals surface area contributed by atoms with Gasteiger partial charge in [-0.1, -0.05) is 12.8 Å². The molecule has 1 fully saturated rings. The van der Waals surface area contributed by atoms with Crippen LogP contribution >= 0.6 is 0 Å². The summed E-state index contributed by atoms with van der Waals surface area (Å²) in [6.07, 6.45) is 13.8. The quantitative estimate of drug-likeness (QED) is 0.645. The molecule has 0 saturated carbocycles. The summed E-state index contributed by atoms with van der Waals surface area (Å²) in [6.45, 7) is 2.06. The Labute approximate surface area is 126 Å². The summed E-state index contributed by atoms with van der Waals surface area (Å²) in [5.74, 6) is 4.01. The molecule has 1 saturated heterocycles. The lowest BCUT2D eigenvalue weighted by Gasteiger charge is -2.32. The number of amides is 1. The highest BCUT2D eigenvalue weighted by molar-refractivity contribution is 5.92. The molecule has 0 spiro atoms. The molecule has 2 N–H and O–H groups in total. The van der Waals surface area contributed by atoms with Gasteiger partial charge in [0.25, 0.3) is 0 Å². The number of hydrogen-bond donors (Lipinski definition) is 1. The summed E-state index contributed by atoms with van der Waals surface area (Å²) in [5.41, 5.74) is 5.68. The van der Waals surface area contributed by atoms with Crippen LogP contribution in [0.3, 0.4) is 0 Å². The molecule has 2 heterocycles. The summed E-state index contributed by atoms with van der Waals surface area (Å²) in [4.78, 5) is 17.7. The number of unbranched alkanes of at least 4 members (excludes halogenated alkanes) is 2. The highest BCUT2D eigenvalue weighted by Gasteiger charge is 2.19. The number of hydrogen-bond acceptors (Lipinski definition) is 3. The van der Waals surface area contributed by atoms with Gasteiger partial charge in [-0.25, -0.2) is 4.98 Å². The molecular weight excluding hydrogens is 262 g/mol. The van der Waals surface area contributed by atoms with E-state index < -0.39 is 5.91 Å². The number of piperidine rings is 1. The van der Waals surface area contributed by atoms with Crippen molar-refractivity contribution in [2.75, 3.05) is 18.0 Å². The van der Waals surface area contributed by atoms with E-state index in [4.69, 9.17) is 12.2 Å². The second kappa shape index (κ2) is 7.68. The normalized spacial score (nSPS) is 15.7. The van der Waals surface area contributed by atoms with Crippen molar-refractivity contribution in [2.24, 2.45) is 11.7 Å². The molecule has 2 rings (SSSR count). The maximum Gasteiger partial charge on any atom is 0.250 e. The fourth-order valence-electron chi connectivity index (χ4n) is 2.83. The van der Waals surface area contributed by atoms with Gasteiger partial charge in [0, 0.05) is 25.7 Å². The minimum atomic E-state index is -0.431. The number of rotatable bonds is 6. The Hall–Kier alpha value is -2.02. The number of aromatic nitrogens is 1. The summed E-state index contributed by atoms with van der Waals surface area (Å²) >= 11 is 0. The largest absolute Gasteiger partial charge is 0.366 e. The fourth-order valence-corrected chi connectivity index (χ4v) is 2.83. The Morgan fingerprint density at radius 1 is 1.38 bits per heavy atom. The highest BCUT2D eigenvalue weighted by atomic mass is 16.1. The van der Waals surface area contributed by atoms with Crippen molar-refractivity contribution in [3.8, 4) is 12.3 Å². The van der Waals surface area contributed by atoms with E-state index in [1.807, 2.05) is 6.07 Å². The molecule has 112 valence electrons. The minimum Gasteiger partial charge on any atom is -0.366 e. The number of carbonyl (C=O) groups is 1. The van der Waals surface area contributed by atoms with Crippen LogP contribution in [-0.4, -0.2) is 24.0 Å². The van der Waals surface area contributed by atoms with Crippen LogP contribution in [0.5, 0.6) is 0 Å². The number of nitrogens with zero attached hydrogens (tertiary/aromatic N) is 2. The molecule has 0 radical (unpaired) electrons. The Kier molecular flexibility index (Phi) is 5.62.